The second-order valence-corrected chi connectivity index (χ2v) is 7.29. The topological polar surface area (TPSA) is 49.3 Å². The molecule has 27 heavy (non-hydrogen) atoms. The van der Waals surface area contributed by atoms with Gasteiger partial charge in [-0.3, -0.25) is 14.7 Å². The van der Waals surface area contributed by atoms with E-state index in [1.807, 2.05) is 25.1 Å². The minimum Gasteiger partial charge on any atom is -0.355 e. The first kappa shape index (κ1) is 19.2. The molecule has 1 fully saturated rings. The van der Waals surface area contributed by atoms with Gasteiger partial charge in [0, 0.05) is 51.1 Å². The van der Waals surface area contributed by atoms with Gasteiger partial charge in [0.25, 0.3) is 0 Å². The Balaban J connectivity index is 0.00000280. The van der Waals surface area contributed by atoms with Crippen LogP contribution in [0.15, 0.2) is 37.0 Å². The van der Waals surface area contributed by atoms with Crippen LogP contribution < -0.4 is 4.90 Å². The molecule has 0 aromatic carbocycles. The summed E-state index contributed by atoms with van der Waals surface area (Å²) in [5.74, 6) is 0.779. The Labute approximate surface area is 163 Å². The van der Waals surface area contributed by atoms with Gasteiger partial charge < -0.3 is 4.90 Å². The Morgan fingerprint density at radius 3 is 2.81 bits per heavy atom. The number of anilines is 1. The average molecular weight is 367 g/mol. The summed E-state index contributed by atoms with van der Waals surface area (Å²) in [6, 6.07) is 8.08. The molecular weight excluding hydrogens is 336 g/mol. The highest BCUT2D eigenvalue weighted by atomic mass is 16.1. The predicted molar refractivity (Wildman–Crippen MR) is 112 cm³/mol. The van der Waals surface area contributed by atoms with Crippen LogP contribution >= 0.6 is 0 Å². The molecule has 0 aliphatic carbocycles. The fraction of sp³-hybridized carbons (Fsp3) is 0.409. The lowest BCUT2D eigenvalue weighted by molar-refractivity contribution is 0.103. The maximum absolute atomic E-state index is 13.0. The summed E-state index contributed by atoms with van der Waals surface area (Å²) in [5, 5.41) is 0. The number of ketones is 1. The van der Waals surface area contributed by atoms with Crippen LogP contribution in [0.2, 0.25) is 0 Å². The van der Waals surface area contributed by atoms with E-state index in [2.05, 4.69) is 40.2 Å². The Hall–Kier alpha value is -2.53. The molecule has 0 atom stereocenters. The molecule has 5 nitrogen and oxygen atoms in total. The van der Waals surface area contributed by atoms with Gasteiger partial charge in [-0.15, -0.1) is 0 Å². The first-order chi connectivity index (χ1) is 13.0. The van der Waals surface area contributed by atoms with Crippen LogP contribution in [-0.4, -0.2) is 52.9 Å². The maximum atomic E-state index is 13.0. The molecule has 2 aromatic rings. The van der Waals surface area contributed by atoms with Gasteiger partial charge in [-0.05, 0) is 51.0 Å². The summed E-state index contributed by atoms with van der Waals surface area (Å²) in [4.78, 5) is 26.8. The Morgan fingerprint density at radius 2 is 2.07 bits per heavy atom. The molecule has 2 aromatic heterocycles. The van der Waals surface area contributed by atoms with Crippen LogP contribution in [0.1, 0.15) is 49.0 Å². The highest BCUT2D eigenvalue weighted by Crippen LogP contribution is 2.19. The normalized spacial score (nSPS) is 15.6. The third kappa shape index (κ3) is 4.42. The molecule has 5 heteroatoms. The van der Waals surface area contributed by atoms with Gasteiger partial charge in [0.05, 0.1) is 0 Å². The van der Waals surface area contributed by atoms with Crippen LogP contribution in [0.4, 0.5) is 5.82 Å². The van der Waals surface area contributed by atoms with E-state index >= 15 is 0 Å². The number of hydrogen-bond acceptors (Lipinski definition) is 5. The van der Waals surface area contributed by atoms with Crippen molar-refractivity contribution in [2.75, 3.05) is 31.1 Å². The van der Waals surface area contributed by atoms with E-state index in [4.69, 9.17) is 0 Å². The van der Waals surface area contributed by atoms with Crippen LogP contribution in [0.3, 0.4) is 0 Å². The Bertz CT molecular complexity index is 837. The van der Waals surface area contributed by atoms with Gasteiger partial charge >= 0.3 is 0 Å². The minimum atomic E-state index is -0.0934. The van der Waals surface area contributed by atoms with E-state index in [1.54, 1.807) is 18.3 Å². The second kappa shape index (κ2) is 8.44. The summed E-state index contributed by atoms with van der Waals surface area (Å²) in [5.41, 5.74) is 2.59. The lowest BCUT2D eigenvalue weighted by atomic mass is 10.0. The number of carbonyl (C=O) groups is 1. The molecule has 0 spiro atoms. The summed E-state index contributed by atoms with van der Waals surface area (Å²) < 4.78 is 0. The zero-order chi connectivity index (χ0) is 19.4. The number of hydrogen-bond donors (Lipinski definition) is 0. The molecule has 3 heterocycles. The van der Waals surface area contributed by atoms with E-state index in [9.17, 15) is 4.79 Å². The number of aromatic nitrogens is 2. The van der Waals surface area contributed by atoms with Gasteiger partial charge in [-0.25, -0.2) is 4.98 Å². The van der Waals surface area contributed by atoms with Crippen molar-refractivity contribution in [2.45, 2.75) is 33.2 Å². The summed E-state index contributed by atoms with van der Waals surface area (Å²) in [6.45, 7) is 14.1. The van der Waals surface area contributed by atoms with Gasteiger partial charge in [0.2, 0.25) is 5.78 Å². The van der Waals surface area contributed by atoms with E-state index in [0.717, 1.165) is 44.0 Å². The smallest absolute Gasteiger partial charge is 0.213 e. The van der Waals surface area contributed by atoms with Crippen molar-refractivity contribution < 1.29 is 6.22 Å². The summed E-state index contributed by atoms with van der Waals surface area (Å²) in [7, 11) is 0. The number of pyridine rings is 2. The largest absolute Gasteiger partial charge is 0.355 e. The molecule has 1 saturated heterocycles. The van der Waals surface area contributed by atoms with E-state index < -0.39 is 0 Å². The molecule has 0 radical (unpaired) electrons. The van der Waals surface area contributed by atoms with E-state index in [-0.39, 0.29) is 7.21 Å². The van der Waals surface area contributed by atoms with Gasteiger partial charge in [0.1, 0.15) is 11.5 Å². The Kier molecular flexibility index (Phi) is 6.01. The number of rotatable bonds is 5. The van der Waals surface area contributed by atoms with Gasteiger partial charge in [-0.1, -0.05) is 18.7 Å². The lowest BCUT2D eigenvalue weighted by Gasteiger charge is -2.25. The second-order valence-electron chi connectivity index (χ2n) is 7.29. The highest BCUT2D eigenvalue weighted by Gasteiger charge is 2.20. The van der Waals surface area contributed by atoms with Gasteiger partial charge in [-0.2, -0.15) is 0 Å². The highest BCUT2D eigenvalue weighted by molar-refractivity contribution is 6.08. The van der Waals surface area contributed by atoms with Crippen LogP contribution in [0.5, 0.6) is 0 Å². The monoisotopic (exact) mass is 366 g/mol. The average Bonchev–Trinajstić information content (AvgIpc) is 2.94. The molecule has 144 valence electrons. The minimum absolute atomic E-state index is 0. The predicted octanol–water partition coefficient (Wildman–Crippen LogP) is 3.83. The van der Waals surface area contributed by atoms with Crippen molar-refractivity contribution in [3.8, 4) is 0 Å². The fourth-order valence-electron chi connectivity index (χ4n) is 3.44. The van der Waals surface area contributed by atoms with Gasteiger partial charge in [0.15, 0.2) is 0 Å². The molecule has 0 amide bonds. The van der Waals surface area contributed by atoms with Crippen molar-refractivity contribution in [2.24, 2.45) is 0 Å². The van der Waals surface area contributed by atoms with E-state index in [0.29, 0.717) is 23.0 Å². The maximum Gasteiger partial charge on any atom is 0.213 e. The molecule has 1 aliphatic rings. The van der Waals surface area contributed by atoms with Crippen molar-refractivity contribution in [3.63, 3.8) is 0 Å². The third-order valence-electron chi connectivity index (χ3n) is 5.14. The van der Waals surface area contributed by atoms with Crippen LogP contribution in [0, 0.1) is 6.92 Å². The SMILES string of the molecule is C=Cc1cnc(C)c(C(=O)c2cccc(N3CCCN(C(C)C)CC3)n2)c1.[HH]. The van der Waals surface area contributed by atoms with E-state index in [1.165, 1.54) is 0 Å². The number of carbonyl (C=O) groups excluding carboxylic acids is 1. The lowest BCUT2D eigenvalue weighted by Crippen LogP contribution is -2.35. The molecule has 1 aliphatic heterocycles. The first-order valence-electron chi connectivity index (χ1n) is 9.59. The van der Waals surface area contributed by atoms with Crippen LogP contribution in [0.25, 0.3) is 6.08 Å². The Morgan fingerprint density at radius 1 is 1.26 bits per heavy atom. The summed E-state index contributed by atoms with van der Waals surface area (Å²) >= 11 is 0. The summed E-state index contributed by atoms with van der Waals surface area (Å²) in [6.07, 6.45) is 4.52. The zero-order valence-corrected chi connectivity index (χ0v) is 16.5. The third-order valence-corrected chi connectivity index (χ3v) is 5.14. The van der Waals surface area contributed by atoms with Crippen molar-refractivity contribution in [3.05, 3.63) is 59.6 Å². The molecule has 0 saturated carbocycles. The molecular formula is C22H30N4O. The molecule has 3 rings (SSSR count). The molecule has 0 unspecified atom stereocenters. The molecule has 0 bridgehead atoms. The quantitative estimate of drug-likeness (QED) is 0.753. The standard InChI is InChI=1S/C22H28N4O.H2/c1-5-18-14-19(17(4)23-15-18)22(27)20-8-6-9-21(24-20)26-11-7-10-25(12-13-26)16(2)3;/h5-6,8-9,14-16H,1,7,10-13H2,2-4H3;1H. The van der Waals surface area contributed by atoms with Crippen molar-refractivity contribution in [1.29, 1.82) is 0 Å². The number of nitrogens with zero attached hydrogens (tertiary/aromatic N) is 4. The number of aryl methyl sites for hydroxylation is 1. The van der Waals surface area contributed by atoms with Crippen molar-refractivity contribution >= 4 is 17.7 Å². The first-order valence-corrected chi connectivity index (χ1v) is 9.59. The van der Waals surface area contributed by atoms with Crippen molar-refractivity contribution in [1.82, 2.24) is 14.9 Å². The molecule has 0 N–H and O–H groups in total. The fourth-order valence-corrected chi connectivity index (χ4v) is 3.44. The van der Waals surface area contributed by atoms with Crippen LogP contribution in [-0.2, 0) is 0 Å². The zero-order valence-electron chi connectivity index (χ0n) is 16.5.